The molecule has 2 heterocycles. The lowest BCUT2D eigenvalue weighted by Crippen LogP contribution is -2.46. The Morgan fingerprint density at radius 2 is 2.03 bits per heavy atom. The van der Waals surface area contributed by atoms with Gasteiger partial charge in [-0.3, -0.25) is 19.2 Å². The highest BCUT2D eigenvalue weighted by Gasteiger charge is 2.59. The molecular weight excluding hydrogens is 393 g/mol. The van der Waals surface area contributed by atoms with E-state index in [-0.39, 0.29) is 35.3 Å². The first kappa shape index (κ1) is 20.0. The Morgan fingerprint density at radius 1 is 1.33 bits per heavy atom. The number of hydrogen-bond donors (Lipinski definition) is 3. The highest BCUT2D eigenvalue weighted by atomic mass is 19.1. The van der Waals surface area contributed by atoms with Crippen LogP contribution in [-0.2, 0) is 4.74 Å². The van der Waals surface area contributed by atoms with Gasteiger partial charge in [-0.15, -0.1) is 0 Å². The second-order valence-corrected chi connectivity index (χ2v) is 9.38. The predicted molar refractivity (Wildman–Crippen MR) is 107 cm³/mol. The summed E-state index contributed by atoms with van der Waals surface area (Å²) in [6, 6.07) is -0.671. The molecular formula is C21H28FN3O5. The van der Waals surface area contributed by atoms with Crippen LogP contribution >= 0.6 is 0 Å². The van der Waals surface area contributed by atoms with Crippen LogP contribution in [-0.4, -0.2) is 63.6 Å². The van der Waals surface area contributed by atoms with E-state index in [2.05, 4.69) is 4.98 Å². The van der Waals surface area contributed by atoms with Gasteiger partial charge in [-0.1, -0.05) is 6.92 Å². The Hall–Kier alpha value is -1.97. The molecule has 1 aromatic heterocycles. The number of aromatic amines is 1. The predicted octanol–water partition coefficient (Wildman–Crippen LogP) is 0.707. The highest BCUT2D eigenvalue weighted by Crippen LogP contribution is 2.59. The van der Waals surface area contributed by atoms with Crippen LogP contribution in [0.4, 0.5) is 4.39 Å². The number of ether oxygens (including phenoxy) is 1. The monoisotopic (exact) mass is 421 g/mol. The zero-order valence-corrected chi connectivity index (χ0v) is 17.2. The molecule has 30 heavy (non-hydrogen) atoms. The van der Waals surface area contributed by atoms with Crippen molar-refractivity contribution in [2.45, 2.75) is 56.7 Å². The molecule has 0 aromatic carbocycles. The van der Waals surface area contributed by atoms with E-state index in [0.29, 0.717) is 18.8 Å². The van der Waals surface area contributed by atoms with Crippen molar-refractivity contribution in [2.24, 2.45) is 11.3 Å². The van der Waals surface area contributed by atoms with Crippen molar-refractivity contribution in [3.8, 4) is 0 Å². The molecule has 0 bridgehead atoms. The molecule has 1 aromatic rings. The number of halogens is 1. The van der Waals surface area contributed by atoms with Gasteiger partial charge in [0.2, 0.25) is 0 Å². The minimum Gasteiger partial charge on any atom is -0.493 e. The summed E-state index contributed by atoms with van der Waals surface area (Å²) in [4.78, 5) is 29.6. The lowest BCUT2D eigenvalue weighted by molar-refractivity contribution is 0.0305. The fraction of sp³-hybridized carbons (Fsp3) is 0.714. The van der Waals surface area contributed by atoms with Crippen LogP contribution in [0.25, 0.3) is 5.76 Å². The first-order valence-corrected chi connectivity index (χ1v) is 10.7. The van der Waals surface area contributed by atoms with E-state index >= 15 is 4.39 Å². The minimum absolute atomic E-state index is 0.0165. The Balaban J connectivity index is 1.62. The van der Waals surface area contributed by atoms with E-state index < -0.39 is 35.1 Å². The smallest absolute Gasteiger partial charge is 0.328 e. The average Bonchev–Trinajstić information content (AvgIpc) is 3.62. The molecule has 2 saturated carbocycles. The number of aliphatic hydroxyl groups is 2. The molecule has 1 spiro atoms. The lowest BCUT2D eigenvalue weighted by Gasteiger charge is -2.37. The molecule has 8 nitrogen and oxygen atoms in total. The number of hydrogen-bond acceptors (Lipinski definition) is 6. The Labute approximate surface area is 173 Å². The van der Waals surface area contributed by atoms with Gasteiger partial charge in [0.25, 0.3) is 5.56 Å². The molecule has 1 aliphatic heterocycles. The molecule has 5 rings (SSSR count). The van der Waals surface area contributed by atoms with E-state index in [4.69, 9.17) is 4.74 Å². The molecule has 3 aliphatic carbocycles. The van der Waals surface area contributed by atoms with Gasteiger partial charge in [-0.25, -0.2) is 9.18 Å². The van der Waals surface area contributed by atoms with E-state index in [0.717, 1.165) is 25.7 Å². The second-order valence-electron chi connectivity index (χ2n) is 9.38. The molecule has 3 N–H and O–H groups in total. The second kappa shape index (κ2) is 6.77. The van der Waals surface area contributed by atoms with Gasteiger partial charge >= 0.3 is 5.69 Å². The summed E-state index contributed by atoms with van der Waals surface area (Å²) in [7, 11) is 1.34. The highest BCUT2D eigenvalue weighted by molar-refractivity contribution is 5.67. The summed E-state index contributed by atoms with van der Waals surface area (Å²) >= 11 is 0. The average molecular weight is 421 g/mol. The zero-order valence-electron chi connectivity index (χ0n) is 17.2. The Kier molecular flexibility index (Phi) is 4.50. The number of nitrogens with zero attached hydrogens (tertiary/aromatic N) is 2. The third kappa shape index (κ3) is 2.75. The quantitative estimate of drug-likeness (QED) is 0.646. The van der Waals surface area contributed by atoms with E-state index in [1.165, 1.54) is 7.11 Å². The standard InChI is InChI=1S/C21H28FN3O5/c1-10-16-14(19(28)23-20(29)25(16)11-3-4-11)18(30-2)15(22)17(10)24-7-12(13(27)8-26)21(9-24)5-6-21/h10-13,17,26-27H,3-9H2,1-2H3,(H,23,28,29). The number of aromatic nitrogens is 2. The van der Waals surface area contributed by atoms with Gasteiger partial charge in [0, 0.05) is 36.7 Å². The SMILES string of the molecule is COC1=C(F)C(N2CC(C(O)CO)C3(CC3)C2)C(C)c2c1c(=O)[nH]c(=O)n2C1CC1. The zero-order chi connectivity index (χ0) is 21.4. The summed E-state index contributed by atoms with van der Waals surface area (Å²) < 4.78 is 22.7. The van der Waals surface area contributed by atoms with Crippen LogP contribution in [0, 0.1) is 11.3 Å². The molecule has 9 heteroatoms. The third-order valence-corrected chi connectivity index (χ3v) is 7.58. The largest absolute Gasteiger partial charge is 0.493 e. The number of nitrogens with one attached hydrogen (secondary N) is 1. The van der Waals surface area contributed by atoms with Gasteiger partial charge in [0.05, 0.1) is 25.9 Å². The summed E-state index contributed by atoms with van der Waals surface area (Å²) in [5, 5.41) is 19.8. The summed E-state index contributed by atoms with van der Waals surface area (Å²) in [5.41, 5.74) is -0.542. The van der Waals surface area contributed by atoms with Crippen LogP contribution < -0.4 is 11.2 Å². The van der Waals surface area contributed by atoms with Crippen LogP contribution in [0.1, 0.15) is 55.8 Å². The summed E-state index contributed by atoms with van der Waals surface area (Å²) in [5.74, 6) is -1.19. The summed E-state index contributed by atoms with van der Waals surface area (Å²) in [6.07, 6.45) is 2.74. The number of H-pyrrole nitrogens is 1. The molecule has 0 radical (unpaired) electrons. The van der Waals surface area contributed by atoms with Crippen molar-refractivity contribution in [1.29, 1.82) is 0 Å². The first-order valence-electron chi connectivity index (χ1n) is 10.7. The van der Waals surface area contributed by atoms with Gasteiger partial charge in [0.1, 0.15) is 5.56 Å². The maximum Gasteiger partial charge on any atom is 0.328 e. The maximum absolute atomic E-state index is 15.8. The number of rotatable bonds is 5. The molecule has 0 amide bonds. The Morgan fingerprint density at radius 3 is 2.60 bits per heavy atom. The number of methoxy groups -OCH3 is 1. The van der Waals surface area contributed by atoms with Crippen LogP contribution in [0.2, 0.25) is 0 Å². The maximum atomic E-state index is 15.8. The molecule has 1 saturated heterocycles. The molecule has 164 valence electrons. The topological polar surface area (TPSA) is 108 Å². The van der Waals surface area contributed by atoms with Gasteiger partial charge in [0.15, 0.2) is 11.6 Å². The van der Waals surface area contributed by atoms with Crippen molar-refractivity contribution in [1.82, 2.24) is 14.5 Å². The number of likely N-dealkylation sites (tertiary alicyclic amines) is 1. The fourth-order valence-corrected chi connectivity index (χ4v) is 5.82. The normalized spacial score (nSPS) is 31.2. The molecule has 4 unspecified atom stereocenters. The van der Waals surface area contributed by atoms with Crippen LogP contribution in [0.15, 0.2) is 15.4 Å². The van der Waals surface area contributed by atoms with E-state index in [1.807, 2.05) is 11.8 Å². The first-order chi connectivity index (χ1) is 14.3. The number of fused-ring (bicyclic) bond motifs is 1. The van der Waals surface area contributed by atoms with Crippen LogP contribution in [0.3, 0.4) is 0 Å². The minimum atomic E-state index is -0.842. The van der Waals surface area contributed by atoms with E-state index in [1.54, 1.807) is 4.57 Å². The lowest BCUT2D eigenvalue weighted by atomic mass is 9.85. The Bertz CT molecular complexity index is 1020. The van der Waals surface area contributed by atoms with Crippen molar-refractivity contribution >= 4 is 5.76 Å². The van der Waals surface area contributed by atoms with Crippen LogP contribution in [0.5, 0.6) is 0 Å². The number of aliphatic hydroxyl groups excluding tert-OH is 2. The van der Waals surface area contributed by atoms with Crippen molar-refractivity contribution < 1.29 is 19.3 Å². The van der Waals surface area contributed by atoms with E-state index in [9.17, 15) is 19.8 Å². The van der Waals surface area contributed by atoms with Crippen molar-refractivity contribution in [2.75, 3.05) is 26.8 Å². The summed E-state index contributed by atoms with van der Waals surface area (Å²) in [6.45, 7) is 2.60. The van der Waals surface area contributed by atoms with Gasteiger partial charge in [-0.05, 0) is 31.1 Å². The van der Waals surface area contributed by atoms with Crippen molar-refractivity contribution in [3.05, 3.63) is 37.9 Å². The molecule has 4 atom stereocenters. The molecule has 4 aliphatic rings. The van der Waals surface area contributed by atoms with Gasteiger partial charge in [-0.2, -0.15) is 0 Å². The molecule has 3 fully saturated rings. The third-order valence-electron chi connectivity index (χ3n) is 7.58. The fourth-order valence-electron chi connectivity index (χ4n) is 5.82. The van der Waals surface area contributed by atoms with Gasteiger partial charge < -0.3 is 14.9 Å². The van der Waals surface area contributed by atoms with Crippen molar-refractivity contribution in [3.63, 3.8) is 0 Å².